The van der Waals surface area contributed by atoms with Gasteiger partial charge in [-0.1, -0.05) is 12.1 Å². The van der Waals surface area contributed by atoms with Crippen LogP contribution in [0.3, 0.4) is 0 Å². The van der Waals surface area contributed by atoms with Crippen molar-refractivity contribution in [1.29, 1.82) is 0 Å². The first-order chi connectivity index (χ1) is 13.5. The van der Waals surface area contributed by atoms with Crippen LogP contribution in [0.4, 0.5) is 10.3 Å². The molecule has 1 saturated heterocycles. The Labute approximate surface area is 168 Å². The molecule has 1 aromatic carbocycles. The van der Waals surface area contributed by atoms with Crippen LogP contribution in [0.5, 0.6) is 11.8 Å². The number of aromatic nitrogens is 2. The van der Waals surface area contributed by atoms with Crippen LogP contribution in [0.25, 0.3) is 0 Å². The van der Waals surface area contributed by atoms with Crippen molar-refractivity contribution in [3.8, 4) is 11.8 Å². The van der Waals surface area contributed by atoms with E-state index in [1.807, 2.05) is 12.1 Å². The maximum Gasteiger partial charge on any atom is 0.235 e. The summed E-state index contributed by atoms with van der Waals surface area (Å²) in [6.07, 6.45) is 1.63. The van der Waals surface area contributed by atoms with E-state index in [4.69, 9.17) is 26.4 Å². The molecule has 1 aliphatic heterocycles. The zero-order valence-corrected chi connectivity index (χ0v) is 16.6. The molecule has 0 aliphatic carbocycles. The van der Waals surface area contributed by atoms with Crippen LogP contribution in [0.1, 0.15) is 18.4 Å². The molecule has 0 spiro atoms. The van der Waals surface area contributed by atoms with Gasteiger partial charge in [0.25, 0.3) is 0 Å². The highest BCUT2D eigenvalue weighted by molar-refractivity contribution is 7.80. The molecule has 0 atom stereocenters. The number of benzene rings is 1. The number of hydrogen-bond acceptors (Lipinski definition) is 6. The molecule has 1 aliphatic rings. The molecule has 150 valence electrons. The van der Waals surface area contributed by atoms with E-state index >= 15 is 0 Å². The molecule has 0 saturated carbocycles. The summed E-state index contributed by atoms with van der Waals surface area (Å²) >= 11 is 5.41. The van der Waals surface area contributed by atoms with Crippen molar-refractivity contribution >= 4 is 23.3 Å². The number of ether oxygens (including phenoxy) is 3. The molecular weight excluding hydrogens is 383 g/mol. The van der Waals surface area contributed by atoms with Gasteiger partial charge < -0.3 is 24.8 Å². The van der Waals surface area contributed by atoms with E-state index in [1.54, 1.807) is 6.07 Å². The summed E-state index contributed by atoms with van der Waals surface area (Å²) in [6, 6.07) is 8.20. The molecule has 9 heteroatoms. The summed E-state index contributed by atoms with van der Waals surface area (Å²) in [5.41, 5.74) is 0.872. The Kier molecular flexibility index (Phi) is 6.58. The zero-order valence-electron chi connectivity index (χ0n) is 15.8. The number of methoxy groups -OCH3 is 2. The first kappa shape index (κ1) is 20.2. The molecular formula is C19H23FN4O3S. The highest BCUT2D eigenvalue weighted by atomic mass is 32.1. The lowest BCUT2D eigenvalue weighted by atomic mass is 9.74. The number of hydrogen-bond donors (Lipinski definition) is 2. The van der Waals surface area contributed by atoms with Crippen molar-refractivity contribution in [2.45, 2.75) is 18.3 Å². The summed E-state index contributed by atoms with van der Waals surface area (Å²) in [5.74, 6) is 0.755. The van der Waals surface area contributed by atoms with Crippen molar-refractivity contribution in [2.75, 3.05) is 39.3 Å². The van der Waals surface area contributed by atoms with Gasteiger partial charge in [0.2, 0.25) is 17.7 Å². The van der Waals surface area contributed by atoms with Gasteiger partial charge >= 0.3 is 0 Å². The van der Waals surface area contributed by atoms with E-state index in [9.17, 15) is 4.39 Å². The molecule has 2 N–H and O–H groups in total. The van der Waals surface area contributed by atoms with Crippen LogP contribution in [0.2, 0.25) is 0 Å². The second-order valence-electron chi connectivity index (χ2n) is 6.48. The first-order valence-corrected chi connectivity index (χ1v) is 9.31. The van der Waals surface area contributed by atoms with Crippen molar-refractivity contribution in [1.82, 2.24) is 15.3 Å². The van der Waals surface area contributed by atoms with Gasteiger partial charge in [0.15, 0.2) is 5.11 Å². The van der Waals surface area contributed by atoms with Crippen LogP contribution in [0, 0.1) is 5.82 Å². The second-order valence-corrected chi connectivity index (χ2v) is 6.89. The number of halogens is 1. The van der Waals surface area contributed by atoms with Crippen LogP contribution in [-0.4, -0.2) is 49.1 Å². The minimum Gasteiger partial charge on any atom is -0.481 e. The van der Waals surface area contributed by atoms with E-state index in [-0.39, 0.29) is 17.2 Å². The summed E-state index contributed by atoms with van der Waals surface area (Å²) in [5, 5.41) is 6.57. The highest BCUT2D eigenvalue weighted by Crippen LogP contribution is 2.34. The molecule has 1 fully saturated rings. The van der Waals surface area contributed by atoms with Crippen molar-refractivity contribution < 1.29 is 18.6 Å². The van der Waals surface area contributed by atoms with Gasteiger partial charge in [-0.2, -0.15) is 9.97 Å². The predicted molar refractivity (Wildman–Crippen MR) is 107 cm³/mol. The summed E-state index contributed by atoms with van der Waals surface area (Å²) in [7, 11) is 3.03. The predicted octanol–water partition coefficient (Wildman–Crippen LogP) is 2.67. The molecule has 28 heavy (non-hydrogen) atoms. The fourth-order valence-electron chi connectivity index (χ4n) is 3.20. The average molecular weight is 406 g/mol. The normalized spacial score (nSPS) is 15.5. The minimum absolute atomic E-state index is 0.190. The Balaban J connectivity index is 1.69. The van der Waals surface area contributed by atoms with Gasteiger partial charge in [-0.15, -0.1) is 0 Å². The van der Waals surface area contributed by atoms with Crippen LogP contribution in [0.15, 0.2) is 30.3 Å². The Morgan fingerprint density at radius 2 is 1.75 bits per heavy atom. The van der Waals surface area contributed by atoms with Crippen molar-refractivity contribution in [3.05, 3.63) is 41.7 Å². The Bertz CT molecular complexity index is 791. The van der Waals surface area contributed by atoms with E-state index in [2.05, 4.69) is 20.6 Å². The third kappa shape index (κ3) is 4.85. The van der Waals surface area contributed by atoms with Crippen LogP contribution in [-0.2, 0) is 10.2 Å². The van der Waals surface area contributed by atoms with Gasteiger partial charge in [0, 0.05) is 25.2 Å². The highest BCUT2D eigenvalue weighted by Gasteiger charge is 2.34. The monoisotopic (exact) mass is 406 g/mol. The van der Waals surface area contributed by atoms with E-state index in [1.165, 1.54) is 26.4 Å². The maximum absolute atomic E-state index is 13.4. The van der Waals surface area contributed by atoms with Gasteiger partial charge in [-0.25, -0.2) is 4.39 Å². The summed E-state index contributed by atoms with van der Waals surface area (Å²) < 4.78 is 29.2. The smallest absolute Gasteiger partial charge is 0.235 e. The maximum atomic E-state index is 13.4. The lowest BCUT2D eigenvalue weighted by molar-refractivity contribution is 0.0515. The van der Waals surface area contributed by atoms with E-state index in [0.29, 0.717) is 36.6 Å². The molecule has 0 amide bonds. The number of anilines is 1. The molecule has 0 unspecified atom stereocenters. The van der Waals surface area contributed by atoms with Crippen LogP contribution >= 0.6 is 12.2 Å². The number of nitrogens with zero attached hydrogens (tertiary/aromatic N) is 2. The van der Waals surface area contributed by atoms with Gasteiger partial charge in [-0.05, 0) is 42.8 Å². The van der Waals surface area contributed by atoms with Crippen molar-refractivity contribution in [3.63, 3.8) is 0 Å². The molecule has 3 rings (SSSR count). The van der Waals surface area contributed by atoms with E-state index < -0.39 is 0 Å². The topological polar surface area (TPSA) is 77.5 Å². The number of nitrogens with one attached hydrogen (secondary N) is 2. The molecule has 2 aromatic rings. The minimum atomic E-state index is -0.250. The average Bonchev–Trinajstić information content (AvgIpc) is 2.73. The Morgan fingerprint density at radius 1 is 1.14 bits per heavy atom. The fourth-order valence-corrected chi connectivity index (χ4v) is 3.36. The number of thiocarbonyl (C=S) groups is 1. The van der Waals surface area contributed by atoms with Crippen LogP contribution < -0.4 is 20.1 Å². The van der Waals surface area contributed by atoms with Gasteiger partial charge in [0.1, 0.15) is 5.82 Å². The Morgan fingerprint density at radius 3 is 2.32 bits per heavy atom. The fraction of sp³-hybridized carbons (Fsp3) is 0.421. The van der Waals surface area contributed by atoms with Crippen molar-refractivity contribution in [2.24, 2.45) is 0 Å². The molecule has 0 radical (unpaired) electrons. The molecule has 1 aromatic heterocycles. The second kappa shape index (κ2) is 9.11. The van der Waals surface area contributed by atoms with Gasteiger partial charge in [0.05, 0.1) is 20.3 Å². The summed E-state index contributed by atoms with van der Waals surface area (Å²) in [4.78, 5) is 8.41. The van der Waals surface area contributed by atoms with Gasteiger partial charge in [-0.3, -0.25) is 0 Å². The largest absolute Gasteiger partial charge is 0.481 e. The third-order valence-electron chi connectivity index (χ3n) is 4.82. The zero-order chi connectivity index (χ0) is 20.0. The summed E-state index contributed by atoms with van der Waals surface area (Å²) in [6.45, 7) is 1.87. The lowest BCUT2D eigenvalue weighted by Gasteiger charge is -2.38. The Hall–Kier alpha value is -2.52. The van der Waals surface area contributed by atoms with E-state index in [0.717, 1.165) is 18.4 Å². The third-order valence-corrected chi connectivity index (χ3v) is 5.06. The first-order valence-electron chi connectivity index (χ1n) is 8.90. The lowest BCUT2D eigenvalue weighted by Crippen LogP contribution is -2.45. The standard InChI is InChI=1S/C19H23FN4O3S/c1-25-15-11-16(26-2)23-17(22-15)24-18(28)21-12-19(7-9-27-10-8-19)13-3-5-14(20)6-4-13/h3-6,11H,7-10,12H2,1-2H3,(H2,21,22,23,24,28). The molecule has 0 bridgehead atoms. The molecule has 7 nitrogen and oxygen atoms in total. The number of rotatable bonds is 6. The quantitative estimate of drug-likeness (QED) is 0.709. The SMILES string of the molecule is COc1cc(OC)nc(NC(=S)NCC2(c3ccc(F)cc3)CCOCC2)n1. The molecule has 2 heterocycles.